The van der Waals surface area contributed by atoms with Crippen molar-refractivity contribution in [1.82, 2.24) is 0 Å². The third-order valence-corrected chi connectivity index (χ3v) is 2.90. The maximum Gasteiger partial charge on any atom is 0.292 e. The minimum Gasteiger partial charge on any atom is -0.373 e. The van der Waals surface area contributed by atoms with Crippen LogP contribution in [-0.4, -0.2) is 4.92 Å². The summed E-state index contributed by atoms with van der Waals surface area (Å²) in [6.45, 7) is 1.65. The van der Waals surface area contributed by atoms with Crippen molar-refractivity contribution in [1.29, 1.82) is 0 Å². The lowest BCUT2D eigenvalue weighted by molar-refractivity contribution is -0.384. The Hall–Kier alpha value is -2.50. The van der Waals surface area contributed by atoms with E-state index in [9.17, 15) is 18.9 Å². The fourth-order valence-corrected chi connectivity index (χ4v) is 1.92. The highest BCUT2D eigenvalue weighted by molar-refractivity contribution is 5.62. The normalized spacial score (nSPS) is 11.9. The van der Waals surface area contributed by atoms with Crippen LogP contribution in [0.5, 0.6) is 0 Å². The molecule has 1 unspecified atom stereocenters. The summed E-state index contributed by atoms with van der Waals surface area (Å²) in [6.07, 6.45) is 0. The van der Waals surface area contributed by atoms with Gasteiger partial charge in [-0.2, -0.15) is 0 Å². The molecule has 0 amide bonds. The van der Waals surface area contributed by atoms with E-state index in [1.54, 1.807) is 25.1 Å². The van der Waals surface area contributed by atoms with Gasteiger partial charge in [-0.3, -0.25) is 10.1 Å². The molecule has 104 valence electrons. The zero-order valence-corrected chi connectivity index (χ0v) is 10.6. The van der Waals surface area contributed by atoms with Gasteiger partial charge in [0.1, 0.15) is 17.3 Å². The average Bonchev–Trinajstić information content (AvgIpc) is 2.38. The highest BCUT2D eigenvalue weighted by Gasteiger charge is 2.18. The third kappa shape index (κ3) is 2.90. The highest BCUT2D eigenvalue weighted by atomic mass is 19.1. The van der Waals surface area contributed by atoms with Crippen molar-refractivity contribution in [2.75, 3.05) is 5.32 Å². The first kappa shape index (κ1) is 13.9. The van der Waals surface area contributed by atoms with Crippen molar-refractivity contribution in [3.05, 3.63) is 69.8 Å². The molecular weight excluding hydrogens is 266 g/mol. The molecule has 0 heterocycles. The molecule has 0 aliphatic carbocycles. The molecule has 0 aliphatic heterocycles. The predicted molar refractivity (Wildman–Crippen MR) is 71.5 cm³/mol. The fourth-order valence-electron chi connectivity index (χ4n) is 1.92. The number of hydrogen-bond acceptors (Lipinski definition) is 3. The molecule has 2 rings (SSSR count). The number of benzene rings is 2. The minimum atomic E-state index is -0.615. The van der Waals surface area contributed by atoms with Gasteiger partial charge in [0, 0.05) is 17.7 Å². The number of nitrogens with one attached hydrogen (secondary N) is 1. The van der Waals surface area contributed by atoms with Crippen LogP contribution in [0, 0.1) is 21.7 Å². The summed E-state index contributed by atoms with van der Waals surface area (Å²) in [4.78, 5) is 10.3. The van der Waals surface area contributed by atoms with Crippen molar-refractivity contribution in [3.8, 4) is 0 Å². The van der Waals surface area contributed by atoms with Gasteiger partial charge in [0.25, 0.3) is 5.69 Å². The second-order valence-electron chi connectivity index (χ2n) is 4.31. The van der Waals surface area contributed by atoms with Crippen molar-refractivity contribution >= 4 is 11.4 Å². The Morgan fingerprint density at radius 2 is 1.90 bits per heavy atom. The van der Waals surface area contributed by atoms with Crippen molar-refractivity contribution in [2.45, 2.75) is 13.0 Å². The van der Waals surface area contributed by atoms with Crippen molar-refractivity contribution in [3.63, 3.8) is 0 Å². The summed E-state index contributed by atoms with van der Waals surface area (Å²) < 4.78 is 26.8. The zero-order valence-electron chi connectivity index (χ0n) is 10.6. The van der Waals surface area contributed by atoms with E-state index in [2.05, 4.69) is 5.32 Å². The van der Waals surface area contributed by atoms with Gasteiger partial charge < -0.3 is 5.32 Å². The topological polar surface area (TPSA) is 55.2 Å². The lowest BCUT2D eigenvalue weighted by Gasteiger charge is -2.16. The molecule has 4 nitrogen and oxygen atoms in total. The molecule has 2 aromatic rings. The lowest BCUT2D eigenvalue weighted by atomic mass is 10.1. The van der Waals surface area contributed by atoms with Gasteiger partial charge in [0.05, 0.1) is 11.0 Å². The van der Waals surface area contributed by atoms with Crippen LogP contribution in [0.2, 0.25) is 0 Å². The number of rotatable bonds is 4. The van der Waals surface area contributed by atoms with Crippen LogP contribution in [0.25, 0.3) is 0 Å². The van der Waals surface area contributed by atoms with Gasteiger partial charge in [-0.1, -0.05) is 18.2 Å². The van der Waals surface area contributed by atoms with Gasteiger partial charge in [-0.15, -0.1) is 0 Å². The van der Waals surface area contributed by atoms with E-state index in [1.807, 2.05) is 0 Å². The van der Waals surface area contributed by atoms with Gasteiger partial charge in [-0.05, 0) is 19.1 Å². The van der Waals surface area contributed by atoms with E-state index in [1.165, 1.54) is 6.07 Å². The van der Waals surface area contributed by atoms with Gasteiger partial charge >= 0.3 is 0 Å². The van der Waals surface area contributed by atoms with Crippen LogP contribution in [-0.2, 0) is 0 Å². The van der Waals surface area contributed by atoms with Gasteiger partial charge in [0.15, 0.2) is 0 Å². The summed E-state index contributed by atoms with van der Waals surface area (Å²) in [5.41, 5.74) is 0.117. The molecular formula is C14H12F2N2O2. The average molecular weight is 278 g/mol. The van der Waals surface area contributed by atoms with E-state index in [0.717, 1.165) is 18.2 Å². The monoisotopic (exact) mass is 278 g/mol. The molecule has 0 bridgehead atoms. The molecule has 2 aromatic carbocycles. The maximum atomic E-state index is 13.6. The quantitative estimate of drug-likeness (QED) is 0.678. The summed E-state index contributed by atoms with van der Waals surface area (Å²) in [6, 6.07) is 8.66. The summed E-state index contributed by atoms with van der Waals surface area (Å²) in [5.74, 6) is -1.02. The van der Waals surface area contributed by atoms with Crippen LogP contribution in [0.3, 0.4) is 0 Å². The summed E-state index contributed by atoms with van der Waals surface area (Å²) in [7, 11) is 0. The van der Waals surface area contributed by atoms with Gasteiger partial charge in [-0.25, -0.2) is 8.78 Å². The SMILES string of the molecule is CC(Nc1cc(F)ccc1[N+](=O)[O-])c1ccccc1F. The molecule has 0 aliphatic rings. The van der Waals surface area contributed by atoms with Crippen LogP contribution in [0.4, 0.5) is 20.2 Å². The Balaban J connectivity index is 2.32. The van der Waals surface area contributed by atoms with Crippen LogP contribution < -0.4 is 5.32 Å². The standard InChI is InChI=1S/C14H12F2N2O2/c1-9(11-4-2-3-5-12(11)16)17-13-8-10(15)6-7-14(13)18(19)20/h2-9,17H,1H3. The first-order valence-corrected chi connectivity index (χ1v) is 5.94. The van der Waals surface area contributed by atoms with E-state index in [4.69, 9.17) is 0 Å². The number of nitro groups is 1. The van der Waals surface area contributed by atoms with E-state index in [0.29, 0.717) is 5.56 Å². The Morgan fingerprint density at radius 3 is 2.55 bits per heavy atom. The molecule has 0 saturated carbocycles. The Labute approximate surface area is 114 Å². The molecule has 20 heavy (non-hydrogen) atoms. The third-order valence-electron chi connectivity index (χ3n) is 2.90. The van der Waals surface area contributed by atoms with E-state index in [-0.39, 0.29) is 11.4 Å². The Bertz CT molecular complexity index is 647. The molecule has 1 atom stereocenters. The number of halogens is 2. The number of hydrogen-bond donors (Lipinski definition) is 1. The van der Waals surface area contributed by atoms with Crippen LogP contribution >= 0.6 is 0 Å². The predicted octanol–water partition coefficient (Wildman–Crippen LogP) is 4.05. The number of anilines is 1. The molecule has 0 fully saturated rings. The summed E-state index contributed by atoms with van der Waals surface area (Å²) in [5, 5.41) is 13.7. The minimum absolute atomic E-state index is 0.0192. The maximum absolute atomic E-state index is 13.6. The lowest BCUT2D eigenvalue weighted by Crippen LogP contribution is -2.10. The van der Waals surface area contributed by atoms with Gasteiger partial charge in [0.2, 0.25) is 0 Å². The number of nitro benzene ring substituents is 1. The van der Waals surface area contributed by atoms with Crippen molar-refractivity contribution in [2.24, 2.45) is 0 Å². The second-order valence-corrected chi connectivity index (χ2v) is 4.31. The highest BCUT2D eigenvalue weighted by Crippen LogP contribution is 2.29. The van der Waals surface area contributed by atoms with Crippen LogP contribution in [0.1, 0.15) is 18.5 Å². The Morgan fingerprint density at radius 1 is 1.20 bits per heavy atom. The van der Waals surface area contributed by atoms with Crippen molar-refractivity contribution < 1.29 is 13.7 Å². The zero-order chi connectivity index (χ0) is 14.7. The second kappa shape index (κ2) is 5.64. The molecule has 0 aromatic heterocycles. The Kier molecular flexibility index (Phi) is 3.93. The van der Waals surface area contributed by atoms with E-state index < -0.39 is 22.6 Å². The molecule has 0 spiro atoms. The molecule has 0 radical (unpaired) electrons. The van der Waals surface area contributed by atoms with E-state index >= 15 is 0 Å². The number of nitrogens with zero attached hydrogens (tertiary/aromatic N) is 1. The molecule has 1 N–H and O–H groups in total. The van der Waals surface area contributed by atoms with Crippen LogP contribution in [0.15, 0.2) is 42.5 Å². The summed E-state index contributed by atoms with van der Waals surface area (Å²) >= 11 is 0. The fraction of sp³-hybridized carbons (Fsp3) is 0.143. The largest absolute Gasteiger partial charge is 0.373 e. The molecule has 0 saturated heterocycles. The first-order chi connectivity index (χ1) is 9.49. The smallest absolute Gasteiger partial charge is 0.292 e. The first-order valence-electron chi connectivity index (χ1n) is 5.94. The molecule has 6 heteroatoms.